The summed E-state index contributed by atoms with van der Waals surface area (Å²) in [6.07, 6.45) is 0. The van der Waals surface area contributed by atoms with E-state index in [4.69, 9.17) is 5.73 Å². The number of hydrogen-bond donors (Lipinski definition) is 2. The van der Waals surface area contributed by atoms with Gasteiger partial charge >= 0.3 is 0 Å². The maximum Gasteiger partial charge on any atom is 0.133 e. The van der Waals surface area contributed by atoms with Gasteiger partial charge in [-0.1, -0.05) is 15.9 Å². The zero-order valence-electron chi connectivity index (χ0n) is 6.04. The van der Waals surface area contributed by atoms with Crippen molar-refractivity contribution in [1.82, 2.24) is 0 Å². The molecule has 0 aliphatic rings. The van der Waals surface area contributed by atoms with Gasteiger partial charge in [0.15, 0.2) is 0 Å². The van der Waals surface area contributed by atoms with Crippen LogP contribution in [0, 0.1) is 0 Å². The molecule has 0 aliphatic carbocycles. The van der Waals surface area contributed by atoms with Crippen LogP contribution in [0.2, 0.25) is 0 Å². The van der Waals surface area contributed by atoms with Gasteiger partial charge in [0, 0.05) is 9.86 Å². The Bertz CT molecular complexity index is 399. The van der Waals surface area contributed by atoms with Gasteiger partial charge < -0.3 is 10.8 Å². The summed E-state index contributed by atoms with van der Waals surface area (Å²) >= 11 is 4.78. The van der Waals surface area contributed by atoms with Crippen molar-refractivity contribution in [3.63, 3.8) is 0 Å². The van der Waals surface area contributed by atoms with E-state index >= 15 is 0 Å². The van der Waals surface area contributed by atoms with Gasteiger partial charge in [0.1, 0.15) is 5.75 Å². The number of rotatable bonds is 0. The first-order valence-electron chi connectivity index (χ1n) is 3.35. The van der Waals surface area contributed by atoms with E-state index in [-0.39, 0.29) is 5.75 Å². The van der Waals surface area contributed by atoms with Crippen LogP contribution in [0.1, 0.15) is 0 Å². The summed E-state index contributed by atoms with van der Waals surface area (Å²) in [5.74, 6) is 0.287. The number of hydrogen-bond acceptors (Lipinski definition) is 3. The molecule has 2 nitrogen and oxygen atoms in total. The highest BCUT2D eigenvalue weighted by molar-refractivity contribution is 9.10. The Kier molecular flexibility index (Phi) is 1.73. The minimum atomic E-state index is 0.287. The second-order valence-electron chi connectivity index (χ2n) is 2.46. The molecule has 62 valence electrons. The first-order valence-corrected chi connectivity index (χ1v) is 4.96. The Morgan fingerprint density at radius 2 is 2.17 bits per heavy atom. The molecule has 4 heteroatoms. The van der Waals surface area contributed by atoms with E-state index in [1.807, 2.05) is 12.1 Å². The zero-order chi connectivity index (χ0) is 8.72. The largest absolute Gasteiger partial charge is 0.506 e. The molecule has 0 fully saturated rings. The number of aromatic hydroxyl groups is 1. The molecule has 0 amide bonds. The molecule has 0 aliphatic heterocycles. The standard InChI is InChI=1S/C8H6BrNOS/c9-5-1-2-6(11)8-4(5)3-7(10)12-8/h1-3,11H,10H2. The van der Waals surface area contributed by atoms with Crippen LogP contribution in [0.3, 0.4) is 0 Å². The molecular weight excluding hydrogens is 238 g/mol. The van der Waals surface area contributed by atoms with E-state index < -0.39 is 0 Å². The second-order valence-corrected chi connectivity index (χ2v) is 4.40. The van der Waals surface area contributed by atoms with E-state index in [2.05, 4.69) is 15.9 Å². The summed E-state index contributed by atoms with van der Waals surface area (Å²) in [5.41, 5.74) is 5.61. The summed E-state index contributed by atoms with van der Waals surface area (Å²) < 4.78 is 1.80. The Balaban J connectivity index is 2.93. The summed E-state index contributed by atoms with van der Waals surface area (Å²) in [7, 11) is 0. The van der Waals surface area contributed by atoms with E-state index in [9.17, 15) is 5.11 Å². The molecule has 0 unspecified atom stereocenters. The third-order valence-corrected chi connectivity index (χ3v) is 3.31. The van der Waals surface area contributed by atoms with E-state index in [1.54, 1.807) is 6.07 Å². The van der Waals surface area contributed by atoms with Crippen LogP contribution >= 0.6 is 27.3 Å². The fourth-order valence-corrected chi connectivity index (χ4v) is 2.54. The van der Waals surface area contributed by atoms with Gasteiger partial charge in [0.05, 0.1) is 9.70 Å². The van der Waals surface area contributed by atoms with Crippen LogP contribution in [0.5, 0.6) is 5.75 Å². The first kappa shape index (κ1) is 7.89. The van der Waals surface area contributed by atoms with Gasteiger partial charge in [-0.05, 0) is 18.2 Å². The Morgan fingerprint density at radius 1 is 1.42 bits per heavy atom. The van der Waals surface area contributed by atoms with Crippen LogP contribution in [-0.2, 0) is 0 Å². The predicted molar refractivity (Wildman–Crippen MR) is 55.6 cm³/mol. The molecule has 0 saturated heterocycles. The molecule has 1 heterocycles. The second kappa shape index (κ2) is 2.64. The normalized spacial score (nSPS) is 10.8. The molecule has 0 bridgehead atoms. The van der Waals surface area contributed by atoms with Crippen molar-refractivity contribution in [3.05, 3.63) is 22.7 Å². The smallest absolute Gasteiger partial charge is 0.133 e. The van der Waals surface area contributed by atoms with Gasteiger partial charge in [-0.25, -0.2) is 0 Å². The van der Waals surface area contributed by atoms with Crippen molar-refractivity contribution in [2.24, 2.45) is 0 Å². The third kappa shape index (κ3) is 1.07. The minimum Gasteiger partial charge on any atom is -0.506 e. The number of anilines is 1. The highest BCUT2D eigenvalue weighted by atomic mass is 79.9. The maximum atomic E-state index is 9.44. The number of halogens is 1. The minimum absolute atomic E-state index is 0.287. The van der Waals surface area contributed by atoms with Crippen molar-refractivity contribution in [2.75, 3.05) is 5.73 Å². The number of phenolic OH excluding ortho intramolecular Hbond substituents is 1. The predicted octanol–water partition coefficient (Wildman–Crippen LogP) is 2.95. The van der Waals surface area contributed by atoms with Crippen molar-refractivity contribution in [2.45, 2.75) is 0 Å². The summed E-state index contributed by atoms with van der Waals surface area (Å²) in [6.45, 7) is 0. The molecular formula is C8H6BrNOS. The van der Waals surface area contributed by atoms with Crippen molar-refractivity contribution >= 4 is 42.4 Å². The average molecular weight is 244 g/mol. The van der Waals surface area contributed by atoms with Gasteiger partial charge in [0.2, 0.25) is 0 Å². The van der Waals surface area contributed by atoms with Crippen LogP contribution in [-0.4, -0.2) is 5.11 Å². The summed E-state index contributed by atoms with van der Waals surface area (Å²) in [6, 6.07) is 5.32. The lowest BCUT2D eigenvalue weighted by atomic mass is 10.2. The molecule has 3 N–H and O–H groups in total. The SMILES string of the molecule is Nc1cc2c(Br)ccc(O)c2s1. The number of fused-ring (bicyclic) bond motifs is 1. The highest BCUT2D eigenvalue weighted by Gasteiger charge is 2.06. The monoisotopic (exact) mass is 243 g/mol. The number of nitrogens with two attached hydrogens (primary N) is 1. The maximum absolute atomic E-state index is 9.44. The molecule has 2 aromatic rings. The topological polar surface area (TPSA) is 46.2 Å². The molecule has 1 aromatic heterocycles. The summed E-state index contributed by atoms with van der Waals surface area (Å²) in [4.78, 5) is 0. The molecule has 2 rings (SSSR count). The van der Waals surface area contributed by atoms with Crippen LogP contribution in [0.15, 0.2) is 22.7 Å². The molecule has 0 atom stereocenters. The fraction of sp³-hybridized carbons (Fsp3) is 0. The third-order valence-electron chi connectivity index (χ3n) is 1.63. The lowest BCUT2D eigenvalue weighted by Crippen LogP contribution is -1.73. The van der Waals surface area contributed by atoms with Crippen LogP contribution in [0.4, 0.5) is 5.00 Å². The van der Waals surface area contributed by atoms with Crippen molar-refractivity contribution < 1.29 is 5.11 Å². The van der Waals surface area contributed by atoms with Crippen molar-refractivity contribution in [3.8, 4) is 5.75 Å². The lowest BCUT2D eigenvalue weighted by molar-refractivity contribution is 0.482. The van der Waals surface area contributed by atoms with Gasteiger partial charge in [-0.2, -0.15) is 0 Å². The van der Waals surface area contributed by atoms with Crippen LogP contribution < -0.4 is 5.73 Å². The van der Waals surface area contributed by atoms with Crippen molar-refractivity contribution in [1.29, 1.82) is 0 Å². The molecule has 12 heavy (non-hydrogen) atoms. The van der Waals surface area contributed by atoms with Crippen LogP contribution in [0.25, 0.3) is 10.1 Å². The average Bonchev–Trinajstić information content (AvgIpc) is 2.41. The Hall–Kier alpha value is -0.740. The Labute approximate surface area is 81.8 Å². The fourth-order valence-electron chi connectivity index (χ4n) is 1.10. The number of nitrogen functional groups attached to an aromatic ring is 1. The van der Waals surface area contributed by atoms with Gasteiger partial charge in [-0.15, -0.1) is 11.3 Å². The molecule has 0 radical (unpaired) electrons. The molecule has 0 saturated carbocycles. The summed E-state index contributed by atoms with van der Waals surface area (Å²) in [5, 5.41) is 11.1. The molecule has 0 spiro atoms. The number of phenols is 1. The van der Waals surface area contributed by atoms with Gasteiger partial charge in [0.25, 0.3) is 0 Å². The highest BCUT2D eigenvalue weighted by Crippen LogP contribution is 2.38. The zero-order valence-corrected chi connectivity index (χ0v) is 8.45. The van der Waals surface area contributed by atoms with Gasteiger partial charge in [-0.3, -0.25) is 0 Å². The Morgan fingerprint density at radius 3 is 2.83 bits per heavy atom. The number of thiophene rings is 1. The molecule has 1 aromatic carbocycles. The lowest BCUT2D eigenvalue weighted by Gasteiger charge is -1.95. The van der Waals surface area contributed by atoms with E-state index in [0.717, 1.165) is 14.6 Å². The van der Waals surface area contributed by atoms with E-state index in [1.165, 1.54) is 11.3 Å². The number of benzene rings is 1. The first-order chi connectivity index (χ1) is 5.68. The quantitative estimate of drug-likeness (QED) is 0.748. The van der Waals surface area contributed by atoms with E-state index in [0.29, 0.717) is 5.00 Å².